The van der Waals surface area contributed by atoms with E-state index in [1.165, 1.54) is 25.1 Å². The molecule has 0 radical (unpaired) electrons. The number of hydrogen-bond acceptors (Lipinski definition) is 12. The predicted molar refractivity (Wildman–Crippen MR) is 156 cm³/mol. The Bertz CT molecular complexity index is 1570. The first kappa shape index (κ1) is 31.5. The normalized spacial score (nSPS) is 19.4. The number of nitrogens with zero attached hydrogens (tertiary/aromatic N) is 1. The van der Waals surface area contributed by atoms with E-state index >= 15 is 0 Å². The van der Waals surface area contributed by atoms with E-state index in [2.05, 4.69) is 5.32 Å². The minimum Gasteiger partial charge on any atom is -0.477 e. The maximum absolute atomic E-state index is 13.6. The zero-order valence-electron chi connectivity index (χ0n) is 24.3. The second kappa shape index (κ2) is 14.2. The topological polar surface area (TPSA) is 179 Å². The van der Waals surface area contributed by atoms with Crippen molar-refractivity contribution in [2.45, 2.75) is 43.8 Å². The number of cyclic esters (lactones) is 2. The van der Waals surface area contributed by atoms with Crippen molar-refractivity contribution in [1.29, 1.82) is 0 Å². The smallest absolute Gasteiger partial charge is 0.477 e. The molecule has 2 aliphatic rings. The molecule has 14 heteroatoms. The number of nitro benzene ring substituents is 1. The Labute approximate surface area is 261 Å². The van der Waals surface area contributed by atoms with E-state index in [1.807, 2.05) is 60.7 Å². The average molecular weight is 633 g/mol. The van der Waals surface area contributed by atoms with Crippen molar-refractivity contribution < 1.29 is 52.5 Å². The molecule has 3 aromatic rings. The second-order valence-electron chi connectivity index (χ2n) is 10.2. The predicted octanol–water partition coefficient (Wildman–Crippen LogP) is 4.52. The highest BCUT2D eigenvalue weighted by Crippen LogP contribution is 2.31. The maximum atomic E-state index is 13.6. The summed E-state index contributed by atoms with van der Waals surface area (Å²) >= 11 is 0. The van der Waals surface area contributed by atoms with Crippen molar-refractivity contribution in [3.05, 3.63) is 118 Å². The molecule has 0 bridgehead atoms. The lowest BCUT2D eigenvalue weighted by atomic mass is 9.95. The van der Waals surface area contributed by atoms with Crippen molar-refractivity contribution in [3.8, 4) is 5.75 Å². The molecule has 14 nitrogen and oxygen atoms in total. The molecule has 0 aromatic heterocycles. The second-order valence-corrected chi connectivity index (χ2v) is 10.2. The van der Waals surface area contributed by atoms with E-state index in [-0.39, 0.29) is 30.2 Å². The van der Waals surface area contributed by atoms with Gasteiger partial charge in [0, 0.05) is 19.1 Å². The number of nitrogens with one attached hydrogen (secondary N) is 1. The van der Waals surface area contributed by atoms with Gasteiger partial charge >= 0.3 is 18.3 Å². The Morgan fingerprint density at radius 2 is 1.54 bits per heavy atom. The third kappa shape index (κ3) is 7.77. The Hall–Kier alpha value is -5.92. The van der Waals surface area contributed by atoms with E-state index in [1.54, 1.807) is 0 Å². The SMILES string of the molecule is CC(=O)NC1CC=C(C(=O)OC(c2ccccc2)c2ccccc2)O[C@H]1C(OC(=O)Oc1ccc([N+](=O)[O-])cc1)C1COC(=O)O1. The van der Waals surface area contributed by atoms with Gasteiger partial charge < -0.3 is 33.7 Å². The van der Waals surface area contributed by atoms with Gasteiger partial charge in [-0.15, -0.1) is 0 Å². The lowest BCUT2D eigenvalue weighted by molar-refractivity contribution is -0.384. The molecule has 0 spiro atoms. The summed E-state index contributed by atoms with van der Waals surface area (Å²) in [5.74, 6) is -1.59. The minimum absolute atomic E-state index is 0.0504. The van der Waals surface area contributed by atoms with Crippen LogP contribution in [0.15, 0.2) is 96.8 Å². The van der Waals surface area contributed by atoms with Crippen molar-refractivity contribution >= 4 is 29.9 Å². The zero-order valence-corrected chi connectivity index (χ0v) is 24.3. The van der Waals surface area contributed by atoms with Crippen molar-refractivity contribution in [3.63, 3.8) is 0 Å². The van der Waals surface area contributed by atoms with Crippen molar-refractivity contribution in [2.75, 3.05) is 6.61 Å². The van der Waals surface area contributed by atoms with Crippen LogP contribution < -0.4 is 10.1 Å². The van der Waals surface area contributed by atoms with Crippen molar-refractivity contribution in [1.82, 2.24) is 5.32 Å². The van der Waals surface area contributed by atoms with Gasteiger partial charge in [-0.3, -0.25) is 14.9 Å². The Kier molecular flexibility index (Phi) is 9.75. The molecule has 2 aliphatic heterocycles. The molecule has 2 heterocycles. The summed E-state index contributed by atoms with van der Waals surface area (Å²) in [6.07, 6.45) is -5.56. The van der Waals surface area contributed by atoms with Crippen LogP contribution in [-0.4, -0.2) is 60.1 Å². The highest BCUT2D eigenvalue weighted by molar-refractivity contribution is 5.87. The first-order valence-corrected chi connectivity index (χ1v) is 14.1. The summed E-state index contributed by atoms with van der Waals surface area (Å²) in [5.41, 5.74) is 1.18. The fourth-order valence-electron chi connectivity index (χ4n) is 4.95. The summed E-state index contributed by atoms with van der Waals surface area (Å²) in [5, 5.41) is 13.7. The fraction of sp³-hybridized carbons (Fsp3) is 0.250. The third-order valence-corrected chi connectivity index (χ3v) is 7.02. The van der Waals surface area contributed by atoms with Crippen LogP contribution in [0.5, 0.6) is 5.75 Å². The lowest BCUT2D eigenvalue weighted by Crippen LogP contribution is -2.56. The number of non-ortho nitro benzene ring substituents is 1. The number of amides is 1. The summed E-state index contributed by atoms with van der Waals surface area (Å²) in [6, 6.07) is 21.9. The molecule has 0 aliphatic carbocycles. The molecular weight excluding hydrogens is 604 g/mol. The molecule has 5 rings (SSSR count). The number of ether oxygens (including phenoxy) is 6. The van der Waals surface area contributed by atoms with Gasteiger partial charge in [-0.1, -0.05) is 60.7 Å². The first-order chi connectivity index (χ1) is 22.2. The van der Waals surface area contributed by atoms with Gasteiger partial charge in [-0.05, 0) is 35.8 Å². The minimum atomic E-state index is -1.45. The number of hydrogen-bond donors (Lipinski definition) is 1. The van der Waals surface area contributed by atoms with Crippen LogP contribution in [0, 0.1) is 10.1 Å². The number of rotatable bonds is 10. The van der Waals surface area contributed by atoms with Gasteiger partial charge in [-0.2, -0.15) is 0 Å². The standard InChI is InChI=1S/C32H28N2O12/c1-19(35)33-24-16-17-25(30(36)45-27(20-8-4-2-5-9-20)21-10-6-3-7-11-21)43-28(24)29(26-18-41-31(37)44-26)46-32(38)42-23-14-12-22(13-15-23)34(39)40/h2-15,17,24,26-29H,16,18H2,1H3,(H,33,35)/t24?,26?,28-,29?/m1/s1. The van der Waals surface area contributed by atoms with E-state index in [0.29, 0.717) is 11.1 Å². The number of carbonyl (C=O) groups excluding carboxylic acids is 4. The van der Waals surface area contributed by atoms with Crippen LogP contribution in [0.2, 0.25) is 0 Å². The summed E-state index contributed by atoms with van der Waals surface area (Å²) in [6.45, 7) is 0.931. The molecule has 1 saturated heterocycles. The summed E-state index contributed by atoms with van der Waals surface area (Å²) in [7, 11) is 0. The van der Waals surface area contributed by atoms with Crippen LogP contribution in [0.3, 0.4) is 0 Å². The molecule has 3 unspecified atom stereocenters. The van der Waals surface area contributed by atoms with Gasteiger partial charge in [0.1, 0.15) is 12.4 Å². The largest absolute Gasteiger partial charge is 0.514 e. The number of nitro groups is 1. The molecule has 1 fully saturated rings. The number of benzene rings is 3. The van der Waals surface area contributed by atoms with Crippen LogP contribution >= 0.6 is 0 Å². The Morgan fingerprint density at radius 1 is 0.913 bits per heavy atom. The van der Waals surface area contributed by atoms with E-state index in [9.17, 15) is 29.3 Å². The molecule has 46 heavy (non-hydrogen) atoms. The number of carbonyl (C=O) groups is 4. The molecule has 3 aromatic carbocycles. The molecule has 1 amide bonds. The van der Waals surface area contributed by atoms with Crippen LogP contribution in [0.1, 0.15) is 30.6 Å². The van der Waals surface area contributed by atoms with Crippen LogP contribution in [0.25, 0.3) is 0 Å². The lowest BCUT2D eigenvalue weighted by Gasteiger charge is -2.37. The van der Waals surface area contributed by atoms with Gasteiger partial charge in [0.25, 0.3) is 5.69 Å². The Balaban J connectivity index is 1.39. The fourth-order valence-corrected chi connectivity index (χ4v) is 4.95. The monoisotopic (exact) mass is 632 g/mol. The van der Waals surface area contributed by atoms with Gasteiger partial charge in [-0.25, -0.2) is 14.4 Å². The highest BCUT2D eigenvalue weighted by Gasteiger charge is 2.47. The molecule has 1 N–H and O–H groups in total. The third-order valence-electron chi connectivity index (χ3n) is 7.02. The maximum Gasteiger partial charge on any atom is 0.514 e. The first-order valence-electron chi connectivity index (χ1n) is 14.1. The molecule has 4 atom stereocenters. The van der Waals surface area contributed by atoms with E-state index < -0.39 is 59.6 Å². The van der Waals surface area contributed by atoms with Gasteiger partial charge in [0.2, 0.25) is 11.7 Å². The Morgan fingerprint density at radius 3 is 2.09 bits per heavy atom. The van der Waals surface area contributed by atoms with Crippen molar-refractivity contribution in [2.24, 2.45) is 0 Å². The molecule has 0 saturated carbocycles. The highest BCUT2D eigenvalue weighted by atomic mass is 16.8. The van der Waals surface area contributed by atoms with Crippen LogP contribution in [-0.2, 0) is 33.3 Å². The zero-order chi connectivity index (χ0) is 32.6. The summed E-state index contributed by atoms with van der Waals surface area (Å²) in [4.78, 5) is 60.8. The molecular formula is C32H28N2O12. The van der Waals surface area contributed by atoms with Crippen LogP contribution in [0.4, 0.5) is 15.3 Å². The van der Waals surface area contributed by atoms with E-state index in [0.717, 1.165) is 12.1 Å². The number of esters is 1. The van der Waals surface area contributed by atoms with E-state index in [4.69, 9.17) is 28.4 Å². The quantitative estimate of drug-likeness (QED) is 0.109. The van der Waals surface area contributed by atoms with Gasteiger partial charge in [0.05, 0.1) is 11.0 Å². The molecule has 238 valence electrons. The van der Waals surface area contributed by atoms with Gasteiger partial charge in [0.15, 0.2) is 24.4 Å². The summed E-state index contributed by atoms with van der Waals surface area (Å²) < 4.78 is 32.8. The average Bonchev–Trinajstić information content (AvgIpc) is 3.49.